The van der Waals surface area contributed by atoms with Gasteiger partial charge in [0.1, 0.15) is 0 Å². The molecule has 1 fully saturated rings. The van der Waals surface area contributed by atoms with Crippen molar-refractivity contribution in [3.63, 3.8) is 0 Å². The molecule has 0 unspecified atom stereocenters. The van der Waals surface area contributed by atoms with Gasteiger partial charge in [-0.2, -0.15) is 0 Å². The summed E-state index contributed by atoms with van der Waals surface area (Å²) in [5, 5.41) is 0. The van der Waals surface area contributed by atoms with E-state index in [9.17, 15) is 0 Å². The highest BCUT2D eigenvalue weighted by Gasteiger charge is 2.79. The quantitative estimate of drug-likeness (QED) is 0.691. The SMILES string of the molecule is C=C[Si]1(C=C)[Si](C)(C)[Si](C)(C)[Si]1(C=C)C=C. The van der Waals surface area contributed by atoms with Crippen LogP contribution in [0.25, 0.3) is 0 Å². The lowest BCUT2D eigenvalue weighted by Crippen LogP contribution is -3.02. The van der Waals surface area contributed by atoms with Crippen LogP contribution in [0.2, 0.25) is 26.2 Å². The fraction of sp³-hybridized carbons (Fsp3) is 0.333. The van der Waals surface area contributed by atoms with Gasteiger partial charge in [0.2, 0.25) is 0 Å². The van der Waals surface area contributed by atoms with Crippen LogP contribution in [0.4, 0.5) is 0 Å². The average Bonchev–Trinajstić information content (AvgIpc) is 2.24. The molecular formula is C12H24Si4. The zero-order valence-corrected chi connectivity index (χ0v) is 15.1. The fourth-order valence-electron chi connectivity index (χ4n) is 3.87. The van der Waals surface area contributed by atoms with Crippen LogP contribution in [0.15, 0.2) is 49.1 Å². The number of hydrogen-bond acceptors (Lipinski definition) is 0. The van der Waals surface area contributed by atoms with Crippen LogP contribution in [-0.2, 0) is 0 Å². The van der Waals surface area contributed by atoms with Gasteiger partial charge >= 0.3 is 0 Å². The largest absolute Gasteiger partial charge is 0.107 e. The minimum atomic E-state index is -1.50. The van der Waals surface area contributed by atoms with E-state index in [0.717, 1.165) is 0 Å². The van der Waals surface area contributed by atoms with Gasteiger partial charge in [0, 0.05) is 14.2 Å². The Morgan fingerprint density at radius 3 is 0.875 bits per heavy atom. The van der Waals surface area contributed by atoms with Crippen LogP contribution in [0.1, 0.15) is 0 Å². The molecule has 0 N–H and O–H groups in total. The Labute approximate surface area is 104 Å². The fourth-order valence-corrected chi connectivity index (χ4v) is 123. The zero-order valence-electron chi connectivity index (χ0n) is 11.1. The third-order valence-corrected chi connectivity index (χ3v) is 94.0. The molecule has 0 radical (unpaired) electrons. The minimum Gasteiger partial charge on any atom is -0.107 e. The summed E-state index contributed by atoms with van der Waals surface area (Å²) in [4.78, 5) is 0. The maximum Gasteiger partial charge on any atom is 0.0888 e. The van der Waals surface area contributed by atoms with Crippen LogP contribution < -0.4 is 0 Å². The van der Waals surface area contributed by atoms with E-state index in [4.69, 9.17) is 0 Å². The number of hydrogen-bond donors (Lipinski definition) is 0. The topological polar surface area (TPSA) is 0 Å². The van der Waals surface area contributed by atoms with Crippen molar-refractivity contribution >= 4 is 28.4 Å². The molecule has 0 aliphatic carbocycles. The second-order valence-corrected chi connectivity index (χ2v) is 48.3. The van der Waals surface area contributed by atoms with Crippen molar-refractivity contribution in [3.05, 3.63) is 49.1 Å². The molecule has 4 heteroatoms. The van der Waals surface area contributed by atoms with Gasteiger partial charge in [-0.05, 0) is 0 Å². The van der Waals surface area contributed by atoms with Crippen LogP contribution in [0.5, 0.6) is 0 Å². The molecule has 88 valence electrons. The third-order valence-electron chi connectivity index (χ3n) is 5.60. The lowest BCUT2D eigenvalue weighted by atomic mass is 11.2. The van der Waals surface area contributed by atoms with Gasteiger partial charge in [-0.25, -0.2) is 0 Å². The van der Waals surface area contributed by atoms with E-state index in [1.807, 2.05) is 0 Å². The molecule has 1 aliphatic rings. The van der Waals surface area contributed by atoms with Gasteiger partial charge in [0.15, 0.2) is 0 Å². The third kappa shape index (κ3) is 0.995. The Morgan fingerprint density at radius 2 is 0.750 bits per heavy atom. The first-order chi connectivity index (χ1) is 7.24. The van der Waals surface area contributed by atoms with Gasteiger partial charge in [-0.15, -0.1) is 49.1 Å². The first-order valence-electron chi connectivity index (χ1n) is 5.79. The molecule has 1 heterocycles. The summed E-state index contributed by atoms with van der Waals surface area (Å²) in [6.07, 6.45) is 0. The first kappa shape index (κ1) is 13.9. The Bertz CT molecular complexity index is 313. The molecule has 0 aromatic rings. The van der Waals surface area contributed by atoms with Crippen LogP contribution in [0.3, 0.4) is 0 Å². The summed E-state index contributed by atoms with van der Waals surface area (Å²) in [6.45, 7) is 26.9. The van der Waals surface area contributed by atoms with E-state index in [-0.39, 0.29) is 0 Å². The standard InChI is InChI=1S/C12H24Si4/c1-9-15(10-2)13(5,6)14(7,8)16(15,11-3)12-4/h9-12H,1-4H2,5-8H3. The van der Waals surface area contributed by atoms with Crippen molar-refractivity contribution in [1.82, 2.24) is 0 Å². The summed E-state index contributed by atoms with van der Waals surface area (Å²) < 4.78 is 0. The van der Waals surface area contributed by atoms with E-state index in [0.29, 0.717) is 0 Å². The number of rotatable bonds is 4. The van der Waals surface area contributed by atoms with Crippen molar-refractivity contribution < 1.29 is 0 Å². The van der Waals surface area contributed by atoms with Crippen LogP contribution >= 0.6 is 0 Å². The molecule has 1 aliphatic heterocycles. The van der Waals surface area contributed by atoms with E-state index >= 15 is 0 Å². The predicted octanol–water partition coefficient (Wildman–Crippen LogP) is 3.53. The van der Waals surface area contributed by atoms with Gasteiger partial charge < -0.3 is 0 Å². The molecule has 0 atom stereocenters. The lowest BCUT2D eigenvalue weighted by molar-refractivity contribution is 1.82. The highest BCUT2D eigenvalue weighted by molar-refractivity contribution is 8.16. The highest BCUT2D eigenvalue weighted by atomic mass is 30.2. The van der Waals surface area contributed by atoms with Crippen molar-refractivity contribution in [2.75, 3.05) is 0 Å². The Morgan fingerprint density at radius 1 is 0.562 bits per heavy atom. The van der Waals surface area contributed by atoms with Crippen LogP contribution in [-0.4, -0.2) is 28.4 Å². The minimum absolute atomic E-state index is 1.17. The summed E-state index contributed by atoms with van der Waals surface area (Å²) in [5.74, 6) is 0. The van der Waals surface area contributed by atoms with E-state index in [2.05, 4.69) is 75.3 Å². The van der Waals surface area contributed by atoms with Gasteiger partial charge in [0.05, 0.1) is 14.2 Å². The van der Waals surface area contributed by atoms with Crippen molar-refractivity contribution in [3.8, 4) is 0 Å². The van der Waals surface area contributed by atoms with Crippen molar-refractivity contribution in [2.24, 2.45) is 0 Å². The summed E-state index contributed by atoms with van der Waals surface area (Å²) >= 11 is 0. The van der Waals surface area contributed by atoms with Gasteiger partial charge in [-0.1, -0.05) is 26.2 Å². The Kier molecular flexibility index (Phi) is 3.18. The van der Waals surface area contributed by atoms with E-state index in [1.54, 1.807) is 0 Å². The molecule has 0 aromatic heterocycles. The summed E-state index contributed by atoms with van der Waals surface area (Å²) in [6, 6.07) is 0. The van der Waals surface area contributed by atoms with E-state index in [1.165, 1.54) is 0 Å². The van der Waals surface area contributed by atoms with Gasteiger partial charge in [0.25, 0.3) is 0 Å². The van der Waals surface area contributed by atoms with Crippen molar-refractivity contribution in [1.29, 1.82) is 0 Å². The van der Waals surface area contributed by atoms with Crippen molar-refractivity contribution in [2.45, 2.75) is 26.2 Å². The normalized spacial score (nSPS) is 27.2. The molecule has 16 heavy (non-hydrogen) atoms. The molecule has 0 saturated carbocycles. The molecular weight excluding hydrogens is 256 g/mol. The highest BCUT2D eigenvalue weighted by Crippen LogP contribution is 2.53. The smallest absolute Gasteiger partial charge is 0.0888 e. The summed E-state index contributed by atoms with van der Waals surface area (Å²) in [7, 11) is -5.35. The molecule has 0 bridgehead atoms. The Hall–Kier alpha value is -0.172. The van der Waals surface area contributed by atoms with E-state index < -0.39 is 28.4 Å². The second kappa shape index (κ2) is 3.66. The second-order valence-electron chi connectivity index (χ2n) is 5.80. The first-order valence-corrected chi connectivity index (χ1v) is 20.1. The molecule has 1 rings (SSSR count). The predicted molar refractivity (Wildman–Crippen MR) is 87.3 cm³/mol. The molecule has 0 nitrogen and oxygen atoms in total. The lowest BCUT2D eigenvalue weighted by Gasteiger charge is -2.72. The molecule has 0 aromatic carbocycles. The molecule has 0 amide bonds. The maximum atomic E-state index is 4.16. The van der Waals surface area contributed by atoms with Gasteiger partial charge in [-0.3, -0.25) is 0 Å². The molecule has 1 saturated heterocycles. The summed E-state index contributed by atoms with van der Waals surface area (Å²) in [5.41, 5.74) is 9.22. The Balaban J connectivity index is 3.60. The average molecular weight is 281 g/mol. The van der Waals surface area contributed by atoms with Crippen LogP contribution in [0, 0.1) is 0 Å². The zero-order chi connectivity index (χ0) is 12.8. The maximum absolute atomic E-state index is 4.16. The molecule has 0 spiro atoms. The monoisotopic (exact) mass is 280 g/mol.